The highest BCUT2D eigenvalue weighted by Gasteiger charge is 2.05. The average molecular weight is 321 g/mol. The van der Waals surface area contributed by atoms with Crippen LogP contribution in [0.5, 0.6) is 0 Å². The van der Waals surface area contributed by atoms with Crippen LogP contribution in [0.2, 0.25) is 0 Å². The summed E-state index contributed by atoms with van der Waals surface area (Å²) in [5.41, 5.74) is 3.13. The molecule has 0 spiro atoms. The number of hydrogen-bond acceptors (Lipinski definition) is 3. The van der Waals surface area contributed by atoms with Gasteiger partial charge in [0.2, 0.25) is 0 Å². The minimum absolute atomic E-state index is 0.0541. The molecule has 1 aromatic carbocycles. The van der Waals surface area contributed by atoms with Crippen LogP contribution in [0.15, 0.2) is 47.1 Å². The van der Waals surface area contributed by atoms with Crippen LogP contribution in [-0.2, 0) is 13.0 Å². The molecule has 0 saturated heterocycles. The summed E-state index contributed by atoms with van der Waals surface area (Å²) in [4.78, 5) is 6.50. The average Bonchev–Trinajstić information content (AvgIpc) is 2.45. The van der Waals surface area contributed by atoms with Gasteiger partial charge in [-0.15, -0.1) is 0 Å². The molecule has 0 unspecified atom stereocenters. The van der Waals surface area contributed by atoms with Crippen LogP contribution in [-0.4, -0.2) is 23.7 Å². The summed E-state index contributed by atoms with van der Waals surface area (Å²) >= 11 is 3.47. The SMILES string of the molecule is CN(CCc1ccccn1)c1ccc(CO)c(Br)c1. The molecule has 1 heterocycles. The number of nitrogens with zero attached hydrogens (tertiary/aromatic N) is 2. The molecule has 0 aliphatic heterocycles. The Kier molecular flexibility index (Phi) is 4.93. The zero-order chi connectivity index (χ0) is 13.7. The smallest absolute Gasteiger partial charge is 0.0692 e. The van der Waals surface area contributed by atoms with Crippen molar-refractivity contribution in [3.8, 4) is 0 Å². The molecule has 0 saturated carbocycles. The lowest BCUT2D eigenvalue weighted by atomic mass is 10.2. The number of pyridine rings is 1. The Morgan fingerprint density at radius 2 is 2.11 bits per heavy atom. The fourth-order valence-electron chi connectivity index (χ4n) is 1.86. The molecule has 19 heavy (non-hydrogen) atoms. The fourth-order valence-corrected chi connectivity index (χ4v) is 2.35. The first-order valence-corrected chi connectivity index (χ1v) is 7.00. The standard InChI is InChI=1S/C15H17BrN2O/c1-18(9-7-13-4-2-3-8-17-13)14-6-5-12(11-19)15(16)10-14/h2-6,8,10,19H,7,9,11H2,1H3. The summed E-state index contributed by atoms with van der Waals surface area (Å²) in [5, 5.41) is 9.15. The van der Waals surface area contributed by atoms with Gasteiger partial charge < -0.3 is 10.0 Å². The largest absolute Gasteiger partial charge is 0.392 e. The predicted octanol–water partition coefficient (Wildman–Crippen LogP) is 3.02. The molecule has 0 atom stereocenters. The van der Waals surface area contributed by atoms with Gasteiger partial charge in [-0.1, -0.05) is 28.1 Å². The highest BCUT2D eigenvalue weighted by atomic mass is 79.9. The Hall–Kier alpha value is -1.39. The Morgan fingerprint density at radius 3 is 2.74 bits per heavy atom. The molecule has 3 nitrogen and oxygen atoms in total. The maximum Gasteiger partial charge on any atom is 0.0692 e. The molecule has 4 heteroatoms. The van der Waals surface area contributed by atoms with E-state index in [0.29, 0.717) is 0 Å². The molecule has 100 valence electrons. The van der Waals surface area contributed by atoms with Gasteiger partial charge >= 0.3 is 0 Å². The van der Waals surface area contributed by atoms with Gasteiger partial charge in [-0.3, -0.25) is 4.98 Å². The van der Waals surface area contributed by atoms with E-state index in [-0.39, 0.29) is 6.61 Å². The quantitative estimate of drug-likeness (QED) is 0.920. The van der Waals surface area contributed by atoms with Gasteiger partial charge in [-0.05, 0) is 29.8 Å². The summed E-state index contributed by atoms with van der Waals surface area (Å²) in [5.74, 6) is 0. The van der Waals surface area contributed by atoms with Crippen molar-refractivity contribution >= 4 is 21.6 Å². The van der Waals surface area contributed by atoms with Gasteiger partial charge in [0.05, 0.1) is 6.61 Å². The number of rotatable bonds is 5. The van der Waals surface area contributed by atoms with Crippen LogP contribution in [0.1, 0.15) is 11.3 Å². The van der Waals surface area contributed by atoms with Crippen molar-refractivity contribution in [1.82, 2.24) is 4.98 Å². The van der Waals surface area contributed by atoms with E-state index in [9.17, 15) is 0 Å². The van der Waals surface area contributed by atoms with E-state index < -0.39 is 0 Å². The second-order valence-electron chi connectivity index (χ2n) is 4.43. The Balaban J connectivity index is 2.00. The third-order valence-corrected chi connectivity index (χ3v) is 3.82. The molecular formula is C15H17BrN2O. The number of aromatic nitrogens is 1. The summed E-state index contributed by atoms with van der Waals surface area (Å²) in [6, 6.07) is 12.0. The van der Waals surface area contributed by atoms with Crippen molar-refractivity contribution in [2.24, 2.45) is 0 Å². The van der Waals surface area contributed by atoms with E-state index in [1.165, 1.54) is 0 Å². The Morgan fingerprint density at radius 1 is 1.26 bits per heavy atom. The molecule has 0 aliphatic rings. The van der Waals surface area contributed by atoms with E-state index in [0.717, 1.165) is 34.4 Å². The van der Waals surface area contributed by atoms with Gasteiger partial charge in [-0.2, -0.15) is 0 Å². The number of aliphatic hydroxyl groups excluding tert-OH is 1. The molecule has 2 aromatic rings. The van der Waals surface area contributed by atoms with Crippen LogP contribution >= 0.6 is 15.9 Å². The summed E-state index contributed by atoms with van der Waals surface area (Å²) in [6.07, 6.45) is 2.73. The number of benzene rings is 1. The minimum atomic E-state index is 0.0541. The maximum absolute atomic E-state index is 9.15. The van der Waals surface area contributed by atoms with Crippen molar-refractivity contribution in [3.05, 3.63) is 58.3 Å². The molecule has 1 aromatic heterocycles. The van der Waals surface area contributed by atoms with Crippen molar-refractivity contribution in [2.75, 3.05) is 18.5 Å². The first-order valence-electron chi connectivity index (χ1n) is 6.21. The first kappa shape index (κ1) is 14.0. The zero-order valence-corrected chi connectivity index (χ0v) is 12.5. The normalized spacial score (nSPS) is 10.5. The van der Waals surface area contributed by atoms with Gasteiger partial charge in [-0.25, -0.2) is 0 Å². The van der Waals surface area contributed by atoms with Gasteiger partial charge in [0.1, 0.15) is 0 Å². The lowest BCUT2D eigenvalue weighted by Gasteiger charge is -2.20. The molecule has 2 rings (SSSR count). The number of halogens is 1. The third-order valence-electron chi connectivity index (χ3n) is 3.08. The van der Waals surface area contributed by atoms with Crippen LogP contribution in [0.4, 0.5) is 5.69 Å². The monoisotopic (exact) mass is 320 g/mol. The number of hydrogen-bond donors (Lipinski definition) is 1. The number of aliphatic hydroxyl groups is 1. The van der Waals surface area contributed by atoms with Gasteiger partial charge in [0.25, 0.3) is 0 Å². The molecule has 0 aliphatic carbocycles. The summed E-state index contributed by atoms with van der Waals surface area (Å²) in [7, 11) is 2.06. The maximum atomic E-state index is 9.15. The van der Waals surface area contributed by atoms with Crippen molar-refractivity contribution in [3.63, 3.8) is 0 Å². The molecule has 0 bridgehead atoms. The van der Waals surface area contributed by atoms with E-state index in [1.807, 2.05) is 42.6 Å². The number of likely N-dealkylation sites (N-methyl/N-ethyl adjacent to an activating group) is 1. The van der Waals surface area contributed by atoms with Crippen molar-refractivity contribution in [2.45, 2.75) is 13.0 Å². The Bertz CT molecular complexity index is 531. The number of anilines is 1. The van der Waals surface area contributed by atoms with Crippen LogP contribution in [0.3, 0.4) is 0 Å². The fraction of sp³-hybridized carbons (Fsp3) is 0.267. The van der Waals surface area contributed by atoms with Gasteiger partial charge in [0.15, 0.2) is 0 Å². The van der Waals surface area contributed by atoms with E-state index in [2.05, 4.69) is 32.9 Å². The highest BCUT2D eigenvalue weighted by molar-refractivity contribution is 9.10. The second kappa shape index (κ2) is 6.68. The second-order valence-corrected chi connectivity index (χ2v) is 5.28. The zero-order valence-electron chi connectivity index (χ0n) is 10.9. The lowest BCUT2D eigenvalue weighted by Crippen LogP contribution is -2.20. The minimum Gasteiger partial charge on any atom is -0.392 e. The molecule has 1 N–H and O–H groups in total. The van der Waals surface area contributed by atoms with Gasteiger partial charge in [0, 0.05) is 42.1 Å². The molecule has 0 radical (unpaired) electrons. The highest BCUT2D eigenvalue weighted by Crippen LogP contribution is 2.23. The van der Waals surface area contributed by atoms with E-state index in [4.69, 9.17) is 5.11 Å². The van der Waals surface area contributed by atoms with E-state index in [1.54, 1.807) is 0 Å². The van der Waals surface area contributed by atoms with Crippen molar-refractivity contribution in [1.29, 1.82) is 0 Å². The predicted molar refractivity (Wildman–Crippen MR) is 81.3 cm³/mol. The van der Waals surface area contributed by atoms with Crippen LogP contribution < -0.4 is 4.90 Å². The first-order chi connectivity index (χ1) is 9.20. The van der Waals surface area contributed by atoms with Crippen molar-refractivity contribution < 1.29 is 5.11 Å². The van der Waals surface area contributed by atoms with Crippen LogP contribution in [0.25, 0.3) is 0 Å². The summed E-state index contributed by atoms with van der Waals surface area (Å²) in [6.45, 7) is 0.959. The third kappa shape index (κ3) is 3.78. The Labute approximate surface area is 122 Å². The molecular weight excluding hydrogens is 304 g/mol. The lowest BCUT2D eigenvalue weighted by molar-refractivity contribution is 0.281. The van der Waals surface area contributed by atoms with E-state index >= 15 is 0 Å². The van der Waals surface area contributed by atoms with Crippen LogP contribution in [0, 0.1) is 0 Å². The molecule has 0 fully saturated rings. The molecule has 0 amide bonds. The summed E-state index contributed by atoms with van der Waals surface area (Å²) < 4.78 is 0.942. The topological polar surface area (TPSA) is 36.4 Å².